The Morgan fingerprint density at radius 1 is 1.50 bits per heavy atom. The minimum absolute atomic E-state index is 0.0575. The molecule has 0 aromatic heterocycles. The summed E-state index contributed by atoms with van der Waals surface area (Å²) in [6.07, 6.45) is 2.21. The fraction of sp³-hybridized carbons (Fsp3) is 0.545. The molecule has 0 heterocycles. The lowest BCUT2D eigenvalue weighted by molar-refractivity contribution is 0.188. The maximum Gasteiger partial charge on any atom is 0.404 e. The third-order valence-electron chi connectivity index (χ3n) is 2.74. The van der Waals surface area contributed by atoms with Gasteiger partial charge in [0.1, 0.15) is 0 Å². The summed E-state index contributed by atoms with van der Waals surface area (Å²) in [5.41, 5.74) is 11.3. The van der Waals surface area contributed by atoms with Gasteiger partial charge in [-0.25, -0.2) is 4.79 Å². The molecule has 1 amide bonds. The predicted octanol–water partition coefficient (Wildman–Crippen LogP) is 0.821. The number of nitrogens with one attached hydrogen (secondary N) is 1. The van der Waals surface area contributed by atoms with Crippen LogP contribution in [0.25, 0.3) is 0 Å². The van der Waals surface area contributed by atoms with Gasteiger partial charge in [0.25, 0.3) is 0 Å². The minimum atomic E-state index is -1.12. The van der Waals surface area contributed by atoms with Gasteiger partial charge in [0, 0.05) is 12.1 Å². The topological polar surface area (TPSA) is 101 Å². The Morgan fingerprint density at radius 2 is 2.00 bits per heavy atom. The SMILES string of the molecule is C=C/C=C(\C)C(N)(CNC(=O)O)C(C)(C)N. The van der Waals surface area contributed by atoms with Crippen LogP contribution in [0.1, 0.15) is 20.8 Å². The summed E-state index contributed by atoms with van der Waals surface area (Å²) in [6.45, 7) is 8.97. The van der Waals surface area contributed by atoms with Crippen LogP contribution in [0.3, 0.4) is 0 Å². The average molecular weight is 227 g/mol. The Labute approximate surface area is 96.2 Å². The highest BCUT2D eigenvalue weighted by atomic mass is 16.4. The number of rotatable bonds is 5. The van der Waals surface area contributed by atoms with E-state index in [2.05, 4.69) is 11.9 Å². The van der Waals surface area contributed by atoms with Crippen LogP contribution < -0.4 is 16.8 Å². The highest BCUT2D eigenvalue weighted by Gasteiger charge is 2.40. The Balaban J connectivity index is 5.12. The molecule has 5 heteroatoms. The van der Waals surface area contributed by atoms with Crippen molar-refractivity contribution in [1.29, 1.82) is 0 Å². The van der Waals surface area contributed by atoms with E-state index in [-0.39, 0.29) is 6.54 Å². The lowest BCUT2D eigenvalue weighted by atomic mass is 9.75. The average Bonchev–Trinajstić information content (AvgIpc) is 2.12. The quantitative estimate of drug-likeness (QED) is 0.522. The molecule has 0 aliphatic rings. The normalized spacial score (nSPS) is 16.4. The summed E-state index contributed by atoms with van der Waals surface area (Å²) < 4.78 is 0. The molecular formula is C11H21N3O2. The van der Waals surface area contributed by atoms with E-state index in [0.717, 1.165) is 5.57 Å². The molecule has 92 valence electrons. The van der Waals surface area contributed by atoms with Gasteiger partial charge in [-0.1, -0.05) is 24.3 Å². The van der Waals surface area contributed by atoms with E-state index in [1.165, 1.54) is 0 Å². The smallest absolute Gasteiger partial charge is 0.404 e. The van der Waals surface area contributed by atoms with Crippen molar-refractivity contribution in [3.8, 4) is 0 Å². The molecule has 16 heavy (non-hydrogen) atoms. The zero-order valence-electron chi connectivity index (χ0n) is 10.1. The molecule has 0 aromatic rings. The number of amides is 1. The summed E-state index contributed by atoms with van der Waals surface area (Å²) in [7, 11) is 0. The summed E-state index contributed by atoms with van der Waals surface area (Å²) in [5.74, 6) is 0. The highest BCUT2D eigenvalue weighted by molar-refractivity contribution is 5.64. The lowest BCUT2D eigenvalue weighted by Crippen LogP contribution is -2.68. The fourth-order valence-corrected chi connectivity index (χ4v) is 1.42. The molecule has 0 aromatic carbocycles. The number of nitrogens with two attached hydrogens (primary N) is 2. The first-order valence-corrected chi connectivity index (χ1v) is 4.99. The standard InChI is InChI=1S/C11H21N3O2/c1-5-6-8(2)11(13,10(3,4)12)7-14-9(15)16/h5-6,14H,1,7,12-13H2,2-4H3,(H,15,16)/b8-6+. The van der Waals surface area contributed by atoms with Crippen molar-refractivity contribution in [1.82, 2.24) is 5.32 Å². The number of allylic oxidation sites excluding steroid dienone is 2. The third kappa shape index (κ3) is 3.36. The predicted molar refractivity (Wildman–Crippen MR) is 65.2 cm³/mol. The van der Waals surface area contributed by atoms with Crippen molar-refractivity contribution in [2.45, 2.75) is 31.8 Å². The van der Waals surface area contributed by atoms with Crippen molar-refractivity contribution in [3.05, 3.63) is 24.3 Å². The number of hydrogen-bond acceptors (Lipinski definition) is 3. The number of carbonyl (C=O) groups is 1. The van der Waals surface area contributed by atoms with Gasteiger partial charge in [0.2, 0.25) is 0 Å². The molecule has 1 atom stereocenters. The Kier molecular flexibility index (Phi) is 4.71. The van der Waals surface area contributed by atoms with Gasteiger partial charge in [-0.2, -0.15) is 0 Å². The molecule has 0 rings (SSSR count). The second-order valence-corrected chi connectivity index (χ2v) is 4.44. The summed E-state index contributed by atoms with van der Waals surface area (Å²) in [4.78, 5) is 10.5. The van der Waals surface area contributed by atoms with E-state index in [4.69, 9.17) is 16.6 Å². The van der Waals surface area contributed by atoms with Crippen molar-refractivity contribution < 1.29 is 9.90 Å². The molecule has 5 nitrogen and oxygen atoms in total. The van der Waals surface area contributed by atoms with Gasteiger partial charge in [0.05, 0.1) is 5.54 Å². The van der Waals surface area contributed by atoms with Gasteiger partial charge in [-0.3, -0.25) is 0 Å². The van der Waals surface area contributed by atoms with Crippen LogP contribution >= 0.6 is 0 Å². The lowest BCUT2D eigenvalue weighted by Gasteiger charge is -2.42. The Bertz CT molecular complexity index is 305. The van der Waals surface area contributed by atoms with Crippen LogP contribution in [0.15, 0.2) is 24.3 Å². The van der Waals surface area contributed by atoms with E-state index in [1.54, 1.807) is 32.9 Å². The van der Waals surface area contributed by atoms with Crippen LogP contribution in [0.4, 0.5) is 4.79 Å². The Morgan fingerprint density at radius 3 is 2.31 bits per heavy atom. The van der Waals surface area contributed by atoms with E-state index in [1.807, 2.05) is 0 Å². The number of hydrogen-bond donors (Lipinski definition) is 4. The van der Waals surface area contributed by atoms with Crippen molar-refractivity contribution in [2.75, 3.05) is 6.54 Å². The van der Waals surface area contributed by atoms with E-state index >= 15 is 0 Å². The largest absolute Gasteiger partial charge is 0.465 e. The highest BCUT2D eigenvalue weighted by Crippen LogP contribution is 2.24. The second kappa shape index (κ2) is 5.14. The minimum Gasteiger partial charge on any atom is -0.465 e. The zero-order valence-corrected chi connectivity index (χ0v) is 10.1. The maximum absolute atomic E-state index is 10.5. The molecule has 0 fully saturated rings. The van der Waals surface area contributed by atoms with E-state index < -0.39 is 17.2 Å². The van der Waals surface area contributed by atoms with Crippen LogP contribution in [0.2, 0.25) is 0 Å². The van der Waals surface area contributed by atoms with Gasteiger partial charge >= 0.3 is 6.09 Å². The maximum atomic E-state index is 10.5. The molecule has 0 aliphatic carbocycles. The zero-order chi connectivity index (χ0) is 13.0. The number of carboxylic acid groups (broad SMARTS) is 1. The van der Waals surface area contributed by atoms with Crippen LogP contribution in [-0.4, -0.2) is 28.8 Å². The van der Waals surface area contributed by atoms with Crippen molar-refractivity contribution >= 4 is 6.09 Å². The summed E-state index contributed by atoms with van der Waals surface area (Å²) >= 11 is 0. The van der Waals surface area contributed by atoms with Crippen LogP contribution in [0.5, 0.6) is 0 Å². The molecule has 6 N–H and O–H groups in total. The molecule has 0 radical (unpaired) electrons. The van der Waals surface area contributed by atoms with Crippen LogP contribution in [0, 0.1) is 0 Å². The second-order valence-electron chi connectivity index (χ2n) is 4.44. The van der Waals surface area contributed by atoms with Crippen molar-refractivity contribution in [3.63, 3.8) is 0 Å². The van der Waals surface area contributed by atoms with E-state index in [9.17, 15) is 4.79 Å². The Hall–Kier alpha value is -1.33. The summed E-state index contributed by atoms with van der Waals surface area (Å²) in [5, 5.41) is 10.9. The summed E-state index contributed by atoms with van der Waals surface area (Å²) in [6, 6.07) is 0. The van der Waals surface area contributed by atoms with Gasteiger partial charge in [-0.15, -0.1) is 0 Å². The first kappa shape index (κ1) is 14.7. The molecule has 1 unspecified atom stereocenters. The first-order valence-electron chi connectivity index (χ1n) is 4.99. The molecule has 0 saturated heterocycles. The fourth-order valence-electron chi connectivity index (χ4n) is 1.42. The van der Waals surface area contributed by atoms with E-state index in [0.29, 0.717) is 0 Å². The van der Waals surface area contributed by atoms with Gasteiger partial charge < -0.3 is 21.9 Å². The van der Waals surface area contributed by atoms with Crippen molar-refractivity contribution in [2.24, 2.45) is 11.5 Å². The first-order chi connectivity index (χ1) is 7.15. The van der Waals surface area contributed by atoms with Gasteiger partial charge in [-0.05, 0) is 20.8 Å². The van der Waals surface area contributed by atoms with Crippen LogP contribution in [-0.2, 0) is 0 Å². The molecular weight excluding hydrogens is 206 g/mol. The molecule has 0 spiro atoms. The van der Waals surface area contributed by atoms with Gasteiger partial charge in [0.15, 0.2) is 0 Å². The molecule has 0 bridgehead atoms. The monoisotopic (exact) mass is 227 g/mol. The molecule has 0 saturated carbocycles. The third-order valence-corrected chi connectivity index (χ3v) is 2.74. The molecule has 0 aliphatic heterocycles.